The first-order valence-corrected chi connectivity index (χ1v) is 19.7. The molecule has 0 amide bonds. The second-order valence-electron chi connectivity index (χ2n) is 14.3. The van der Waals surface area contributed by atoms with Crippen LogP contribution in [0.1, 0.15) is 57.0 Å². The number of methoxy groups -OCH3 is 2. The standard InChI is InChI=1S/C41H50N5O9P/c1-28(2)46(29(3)4)56(53-25-11-23-42)55-37-36-38(45-24-22-35(47)43-39(45)48)54-40(37,27-52-44(36)5)26-51-41(30-12-9-8-10-13-30,31-14-18-33(49-6)19-15-31)32-16-20-34(50-7)21-17-32/h8-10,12-22,24,28-29,36-38H,11,25-27H2,1-7H3,(H,43,47,48)/t36-,37+,38-,40+,56?/m1/s1. The molecular weight excluding hydrogens is 737 g/mol. The number of benzene rings is 3. The number of hydrogen-bond acceptors (Lipinski definition) is 12. The van der Waals surface area contributed by atoms with Gasteiger partial charge in [-0.2, -0.15) is 10.3 Å². The van der Waals surface area contributed by atoms with Crippen molar-refractivity contribution in [1.29, 1.82) is 5.26 Å². The van der Waals surface area contributed by atoms with Crippen LogP contribution in [0.3, 0.4) is 0 Å². The molecule has 5 atom stereocenters. The average Bonchev–Trinajstić information content (AvgIpc) is 3.42. The Bertz CT molecular complexity index is 2000. The maximum atomic E-state index is 13.4. The number of nitrogens with one attached hydrogen (secondary N) is 1. The van der Waals surface area contributed by atoms with Crippen LogP contribution in [0.5, 0.6) is 11.5 Å². The van der Waals surface area contributed by atoms with Crippen LogP contribution < -0.4 is 20.7 Å². The summed E-state index contributed by atoms with van der Waals surface area (Å²) in [4.78, 5) is 34.3. The number of hydrogen-bond donors (Lipinski definition) is 1. The smallest absolute Gasteiger partial charge is 0.330 e. The molecule has 0 radical (unpaired) electrons. The fourth-order valence-electron chi connectivity index (χ4n) is 7.48. The Labute approximate surface area is 328 Å². The summed E-state index contributed by atoms with van der Waals surface area (Å²) in [6.45, 7) is 8.30. The van der Waals surface area contributed by atoms with E-state index in [2.05, 4.69) is 43.4 Å². The van der Waals surface area contributed by atoms with Crippen LogP contribution in [0.4, 0.5) is 0 Å². The van der Waals surface area contributed by atoms with Crippen LogP contribution in [0.25, 0.3) is 0 Å². The van der Waals surface area contributed by atoms with E-state index >= 15 is 0 Å². The van der Waals surface area contributed by atoms with Crippen molar-refractivity contribution in [3.8, 4) is 17.6 Å². The molecule has 1 aromatic heterocycles. The monoisotopic (exact) mass is 787 g/mol. The van der Waals surface area contributed by atoms with Gasteiger partial charge >= 0.3 is 5.69 Å². The summed E-state index contributed by atoms with van der Waals surface area (Å²) in [6.07, 6.45) is -0.197. The number of aromatic nitrogens is 2. The third-order valence-electron chi connectivity index (χ3n) is 10.1. The molecule has 0 aliphatic carbocycles. The van der Waals surface area contributed by atoms with E-state index in [0.717, 1.165) is 16.7 Å². The van der Waals surface area contributed by atoms with E-state index in [4.69, 9.17) is 32.8 Å². The van der Waals surface area contributed by atoms with Crippen molar-refractivity contribution in [2.45, 2.75) is 75.8 Å². The fraction of sp³-hybridized carbons (Fsp3) is 0.439. The molecule has 1 unspecified atom stereocenters. The van der Waals surface area contributed by atoms with Crippen molar-refractivity contribution >= 4 is 8.53 Å². The Hall–Kier alpha value is -4.42. The van der Waals surface area contributed by atoms with Crippen LogP contribution in [-0.4, -0.2) is 90.2 Å². The lowest BCUT2D eigenvalue weighted by Crippen LogP contribution is -2.61. The van der Waals surface area contributed by atoms with Gasteiger partial charge in [-0.25, -0.2) is 9.46 Å². The Kier molecular flexibility index (Phi) is 13.1. The molecule has 56 heavy (non-hydrogen) atoms. The van der Waals surface area contributed by atoms with Crippen molar-refractivity contribution in [3.05, 3.63) is 129 Å². The van der Waals surface area contributed by atoms with Gasteiger partial charge in [0.05, 0.1) is 39.9 Å². The Morgan fingerprint density at radius 1 is 0.929 bits per heavy atom. The third-order valence-corrected chi connectivity index (χ3v) is 12.2. The number of H-pyrrole nitrogens is 1. The molecule has 14 nitrogen and oxygen atoms in total. The molecule has 0 saturated carbocycles. The number of ether oxygens (including phenoxy) is 4. The second kappa shape index (κ2) is 17.8. The first kappa shape index (κ1) is 41.2. The van der Waals surface area contributed by atoms with Crippen LogP contribution in [0.15, 0.2) is 101 Å². The molecule has 2 saturated heterocycles. The van der Waals surface area contributed by atoms with Gasteiger partial charge in [-0.1, -0.05) is 54.6 Å². The summed E-state index contributed by atoms with van der Waals surface area (Å²) in [5.41, 5.74) is -1.27. The van der Waals surface area contributed by atoms with E-state index in [1.807, 2.05) is 78.9 Å². The van der Waals surface area contributed by atoms with E-state index < -0.39 is 49.4 Å². The highest BCUT2D eigenvalue weighted by atomic mass is 31.2. The van der Waals surface area contributed by atoms with E-state index in [1.165, 1.54) is 16.8 Å². The highest BCUT2D eigenvalue weighted by Crippen LogP contribution is 2.55. The number of nitrogens with zero attached hydrogens (tertiary/aromatic N) is 4. The summed E-state index contributed by atoms with van der Waals surface area (Å²) < 4.78 is 42.6. The number of nitriles is 1. The number of hydroxylamine groups is 2. The van der Waals surface area contributed by atoms with Crippen LogP contribution in [0.2, 0.25) is 0 Å². The molecule has 2 aliphatic heterocycles. The van der Waals surface area contributed by atoms with Crippen molar-refractivity contribution in [3.63, 3.8) is 0 Å². The van der Waals surface area contributed by atoms with Gasteiger partial charge in [-0.15, -0.1) is 0 Å². The Balaban J connectivity index is 1.52. The van der Waals surface area contributed by atoms with E-state index in [0.29, 0.717) is 11.5 Å². The number of rotatable bonds is 17. The molecule has 2 fully saturated rings. The Morgan fingerprint density at radius 3 is 2.05 bits per heavy atom. The molecule has 3 aromatic carbocycles. The zero-order valence-electron chi connectivity index (χ0n) is 32.8. The first-order valence-electron chi connectivity index (χ1n) is 18.6. The minimum Gasteiger partial charge on any atom is -0.497 e. The average molecular weight is 788 g/mol. The van der Waals surface area contributed by atoms with Crippen molar-refractivity contribution in [2.24, 2.45) is 0 Å². The highest BCUT2D eigenvalue weighted by Gasteiger charge is 2.64. The van der Waals surface area contributed by atoms with Crippen LogP contribution in [-0.2, 0) is 29.0 Å². The maximum absolute atomic E-state index is 13.4. The first-order chi connectivity index (χ1) is 27.0. The van der Waals surface area contributed by atoms with Crippen molar-refractivity contribution in [2.75, 3.05) is 41.1 Å². The molecule has 2 aliphatic rings. The van der Waals surface area contributed by atoms with Crippen LogP contribution >= 0.6 is 8.53 Å². The molecule has 3 heterocycles. The molecular formula is C41H50N5O9P. The quantitative estimate of drug-likeness (QED) is 0.0791. The summed E-state index contributed by atoms with van der Waals surface area (Å²) in [6, 6.07) is 28.1. The van der Waals surface area contributed by atoms with Gasteiger partial charge in [-0.3, -0.25) is 19.2 Å². The zero-order chi connectivity index (χ0) is 40.0. The van der Waals surface area contributed by atoms with Gasteiger partial charge in [0.2, 0.25) is 0 Å². The molecule has 1 N–H and O–H groups in total. The lowest BCUT2D eigenvalue weighted by Gasteiger charge is -2.46. The lowest BCUT2D eigenvalue weighted by molar-refractivity contribution is -0.258. The molecule has 6 rings (SSSR count). The maximum Gasteiger partial charge on any atom is 0.330 e. The predicted octanol–water partition coefficient (Wildman–Crippen LogP) is 5.74. The molecule has 4 aromatic rings. The molecule has 2 bridgehead atoms. The lowest BCUT2D eigenvalue weighted by atomic mass is 9.79. The molecule has 0 spiro atoms. The van der Waals surface area contributed by atoms with Gasteiger partial charge in [0.15, 0.2) is 6.23 Å². The number of likely N-dealkylation sites (N-methyl/N-ethyl adjacent to an activating group) is 1. The predicted molar refractivity (Wildman–Crippen MR) is 210 cm³/mol. The minimum atomic E-state index is -1.79. The van der Waals surface area contributed by atoms with Gasteiger partial charge in [0, 0.05) is 31.4 Å². The summed E-state index contributed by atoms with van der Waals surface area (Å²) in [5, 5.41) is 11.0. The largest absolute Gasteiger partial charge is 0.497 e. The normalized spacial score (nSPS) is 21.7. The van der Waals surface area contributed by atoms with Gasteiger partial charge in [-0.05, 0) is 68.7 Å². The second-order valence-corrected chi connectivity index (χ2v) is 15.7. The topological polar surface area (TPSA) is 150 Å². The molecule has 15 heteroatoms. The van der Waals surface area contributed by atoms with Crippen LogP contribution in [0, 0.1) is 11.3 Å². The summed E-state index contributed by atoms with van der Waals surface area (Å²) in [5.74, 6) is 1.36. The SMILES string of the molecule is COc1ccc(C(OC[C@@]23CON(C)[C@@H]([C@H](n4ccc(=O)[nH]c4=O)O2)[C@@H]3OP(OCCC#N)N(C(C)C)C(C)C)(c2ccccc2)c2ccc(OC)cc2)cc1. The molecule has 298 valence electrons. The summed E-state index contributed by atoms with van der Waals surface area (Å²) in [7, 11) is 3.21. The minimum absolute atomic E-state index is 0.0138. The van der Waals surface area contributed by atoms with E-state index in [9.17, 15) is 14.9 Å². The summed E-state index contributed by atoms with van der Waals surface area (Å²) >= 11 is 0. The van der Waals surface area contributed by atoms with Gasteiger partial charge in [0.1, 0.15) is 41.5 Å². The highest BCUT2D eigenvalue weighted by molar-refractivity contribution is 7.44. The van der Waals surface area contributed by atoms with E-state index in [-0.39, 0.29) is 38.3 Å². The van der Waals surface area contributed by atoms with Crippen molar-refractivity contribution < 1.29 is 32.8 Å². The van der Waals surface area contributed by atoms with Gasteiger partial charge < -0.3 is 28.0 Å². The third kappa shape index (κ3) is 8.18. The number of aromatic amines is 1. The van der Waals surface area contributed by atoms with Crippen molar-refractivity contribution in [1.82, 2.24) is 19.3 Å². The number of fused-ring (bicyclic) bond motifs is 2. The zero-order valence-corrected chi connectivity index (χ0v) is 33.7. The Morgan fingerprint density at radius 2 is 1.52 bits per heavy atom. The fourth-order valence-corrected chi connectivity index (χ4v) is 9.30. The van der Waals surface area contributed by atoms with E-state index in [1.54, 1.807) is 26.3 Å². The van der Waals surface area contributed by atoms with Gasteiger partial charge in [0.25, 0.3) is 14.1 Å².